The predicted octanol–water partition coefficient (Wildman–Crippen LogP) is 5.43. The minimum Gasteiger partial charge on any atom is -0.461 e. The van der Waals surface area contributed by atoms with E-state index in [4.69, 9.17) is 16.3 Å². The summed E-state index contributed by atoms with van der Waals surface area (Å²) < 4.78 is 6.11. The topological polar surface area (TPSA) is 42.1 Å². The van der Waals surface area contributed by atoms with Crippen molar-refractivity contribution in [3.63, 3.8) is 0 Å². The maximum Gasteiger partial charge on any atom is 0.355 e. The molecule has 0 bridgehead atoms. The third-order valence-corrected chi connectivity index (χ3v) is 4.12. The molecule has 1 heterocycles. The van der Waals surface area contributed by atoms with Crippen LogP contribution in [0.3, 0.4) is 0 Å². The molecule has 5 heteroatoms. The fraction of sp³-hybridized carbons (Fsp3) is 0.118. The van der Waals surface area contributed by atoms with Crippen molar-refractivity contribution in [1.82, 2.24) is 4.98 Å². The predicted molar refractivity (Wildman–Crippen MR) is 92.4 cm³/mol. The van der Waals surface area contributed by atoms with Crippen LogP contribution in [0.2, 0.25) is 5.02 Å². The Labute approximate surface area is 141 Å². The van der Waals surface area contributed by atoms with Crippen LogP contribution in [0, 0.1) is 0 Å². The van der Waals surface area contributed by atoms with Gasteiger partial charge in [-0.15, -0.1) is 0 Å². The molecule has 3 aromatic rings. The number of carbonyl (C=O) groups is 1. The lowest BCUT2D eigenvalue weighted by Gasteiger charge is -2.05. The van der Waals surface area contributed by atoms with Gasteiger partial charge in [-0.25, -0.2) is 4.79 Å². The highest BCUT2D eigenvalue weighted by Gasteiger charge is 2.20. The molecule has 1 N–H and O–H groups in total. The lowest BCUT2D eigenvalue weighted by atomic mass is 10.0. The Morgan fingerprint density at radius 2 is 1.95 bits per heavy atom. The van der Waals surface area contributed by atoms with E-state index in [-0.39, 0.29) is 5.97 Å². The van der Waals surface area contributed by atoms with E-state index >= 15 is 0 Å². The minimum atomic E-state index is -0.361. The molecule has 0 spiro atoms. The van der Waals surface area contributed by atoms with Gasteiger partial charge in [0.15, 0.2) is 0 Å². The number of halogens is 2. The number of esters is 1. The summed E-state index contributed by atoms with van der Waals surface area (Å²) >= 11 is 9.44. The monoisotopic (exact) mass is 377 g/mol. The van der Waals surface area contributed by atoms with Gasteiger partial charge in [-0.2, -0.15) is 0 Å². The Hall–Kier alpha value is -1.78. The van der Waals surface area contributed by atoms with Crippen LogP contribution in [0.25, 0.3) is 22.0 Å². The number of nitrogens with one attached hydrogen (secondary N) is 1. The summed E-state index contributed by atoms with van der Waals surface area (Å²) in [4.78, 5) is 15.4. The molecule has 1 aromatic heterocycles. The lowest BCUT2D eigenvalue weighted by Crippen LogP contribution is -2.06. The first kappa shape index (κ1) is 15.1. The number of benzene rings is 2. The third-order valence-electron chi connectivity index (χ3n) is 3.37. The molecule has 112 valence electrons. The van der Waals surface area contributed by atoms with Gasteiger partial charge in [-0.3, -0.25) is 0 Å². The molecular formula is C17H13BrClNO2. The first-order valence-corrected chi connectivity index (χ1v) is 8.01. The number of aromatic nitrogens is 1. The summed E-state index contributed by atoms with van der Waals surface area (Å²) in [5.74, 6) is -0.361. The quantitative estimate of drug-likeness (QED) is 0.618. The van der Waals surface area contributed by atoms with Crippen LogP contribution in [-0.2, 0) is 4.74 Å². The molecule has 2 aromatic carbocycles. The van der Waals surface area contributed by atoms with Crippen LogP contribution in [0.4, 0.5) is 0 Å². The highest BCUT2D eigenvalue weighted by molar-refractivity contribution is 9.10. The molecule has 0 atom stereocenters. The lowest BCUT2D eigenvalue weighted by molar-refractivity contribution is 0.0521. The molecule has 3 rings (SSSR count). The second kappa shape index (κ2) is 6.15. The number of rotatable bonds is 3. The fourth-order valence-electron chi connectivity index (χ4n) is 2.44. The number of hydrogen-bond acceptors (Lipinski definition) is 2. The maximum atomic E-state index is 12.3. The van der Waals surface area contributed by atoms with Crippen LogP contribution < -0.4 is 0 Å². The number of carbonyl (C=O) groups excluding carboxylic acids is 1. The van der Waals surface area contributed by atoms with Gasteiger partial charge < -0.3 is 9.72 Å². The van der Waals surface area contributed by atoms with Crippen LogP contribution in [0.1, 0.15) is 17.4 Å². The molecule has 3 nitrogen and oxygen atoms in total. The van der Waals surface area contributed by atoms with Crippen LogP contribution in [0.5, 0.6) is 0 Å². The molecule has 0 aliphatic heterocycles. The van der Waals surface area contributed by atoms with Gasteiger partial charge in [0.2, 0.25) is 0 Å². The van der Waals surface area contributed by atoms with Gasteiger partial charge in [0.25, 0.3) is 0 Å². The van der Waals surface area contributed by atoms with E-state index in [0.717, 1.165) is 26.5 Å². The van der Waals surface area contributed by atoms with E-state index in [1.165, 1.54) is 0 Å². The molecular weight excluding hydrogens is 366 g/mol. The number of fused-ring (bicyclic) bond motifs is 1. The van der Waals surface area contributed by atoms with Crippen LogP contribution in [-0.4, -0.2) is 17.6 Å². The van der Waals surface area contributed by atoms with Crippen molar-refractivity contribution in [2.45, 2.75) is 6.92 Å². The van der Waals surface area contributed by atoms with Gasteiger partial charge >= 0.3 is 5.97 Å². The average Bonchev–Trinajstić information content (AvgIpc) is 2.87. The molecule has 22 heavy (non-hydrogen) atoms. The van der Waals surface area contributed by atoms with E-state index in [2.05, 4.69) is 20.9 Å². The summed E-state index contributed by atoms with van der Waals surface area (Å²) in [6.45, 7) is 2.12. The molecule has 0 fully saturated rings. The van der Waals surface area contributed by atoms with Crippen molar-refractivity contribution < 1.29 is 9.53 Å². The number of ether oxygens (including phenoxy) is 1. The zero-order valence-electron chi connectivity index (χ0n) is 11.8. The normalized spacial score (nSPS) is 10.9. The van der Waals surface area contributed by atoms with Crippen molar-refractivity contribution in [2.24, 2.45) is 0 Å². The second-order valence-corrected chi connectivity index (χ2v) is 6.14. The maximum absolute atomic E-state index is 12.3. The van der Waals surface area contributed by atoms with Crippen molar-refractivity contribution in [3.8, 4) is 11.1 Å². The van der Waals surface area contributed by atoms with Crippen LogP contribution in [0.15, 0.2) is 46.9 Å². The molecule has 0 radical (unpaired) electrons. The van der Waals surface area contributed by atoms with Gasteiger partial charge in [-0.05, 0) is 42.8 Å². The third kappa shape index (κ3) is 2.76. The van der Waals surface area contributed by atoms with Gasteiger partial charge in [0.05, 0.1) is 6.61 Å². The first-order valence-electron chi connectivity index (χ1n) is 6.84. The number of hydrogen-bond donors (Lipinski definition) is 1. The Morgan fingerprint density at radius 3 is 2.64 bits per heavy atom. The van der Waals surface area contributed by atoms with Crippen molar-refractivity contribution >= 4 is 44.4 Å². The second-order valence-electron chi connectivity index (χ2n) is 4.79. The van der Waals surface area contributed by atoms with Crippen molar-refractivity contribution in [2.75, 3.05) is 6.61 Å². The smallest absolute Gasteiger partial charge is 0.355 e. The Bertz CT molecular complexity index is 840. The summed E-state index contributed by atoms with van der Waals surface area (Å²) in [6.07, 6.45) is 0. The zero-order valence-corrected chi connectivity index (χ0v) is 14.2. The van der Waals surface area contributed by atoms with E-state index in [1.807, 2.05) is 42.5 Å². The summed E-state index contributed by atoms with van der Waals surface area (Å²) in [5.41, 5.74) is 3.08. The zero-order chi connectivity index (χ0) is 15.7. The van der Waals surface area contributed by atoms with Gasteiger partial charge in [-0.1, -0.05) is 39.7 Å². The van der Waals surface area contributed by atoms with E-state index in [0.29, 0.717) is 17.3 Å². The highest BCUT2D eigenvalue weighted by Crippen LogP contribution is 2.35. The van der Waals surface area contributed by atoms with E-state index < -0.39 is 0 Å². The Balaban J connectivity index is 2.27. The summed E-state index contributed by atoms with van der Waals surface area (Å²) in [5, 5.41) is 1.61. The molecule has 0 aliphatic rings. The fourth-order valence-corrected chi connectivity index (χ4v) is 2.92. The summed E-state index contributed by atoms with van der Waals surface area (Å²) in [6, 6.07) is 13.3. The van der Waals surface area contributed by atoms with Crippen molar-refractivity contribution in [1.29, 1.82) is 0 Å². The molecule has 0 saturated carbocycles. The van der Waals surface area contributed by atoms with Gasteiger partial charge in [0.1, 0.15) is 5.69 Å². The van der Waals surface area contributed by atoms with Gasteiger partial charge in [0, 0.05) is 26.0 Å². The molecule has 0 aliphatic carbocycles. The number of H-pyrrole nitrogens is 1. The van der Waals surface area contributed by atoms with E-state index in [9.17, 15) is 4.79 Å². The SMILES string of the molecule is CCOC(=O)c1[nH]c2ccc(Br)cc2c1-c1ccc(Cl)cc1. The minimum absolute atomic E-state index is 0.331. The summed E-state index contributed by atoms with van der Waals surface area (Å²) in [7, 11) is 0. The van der Waals surface area contributed by atoms with Crippen molar-refractivity contribution in [3.05, 3.63) is 57.7 Å². The first-order chi connectivity index (χ1) is 10.6. The Kier molecular flexibility index (Phi) is 4.23. The molecule has 0 amide bonds. The number of aromatic amines is 1. The van der Waals surface area contributed by atoms with E-state index in [1.54, 1.807) is 6.92 Å². The Morgan fingerprint density at radius 1 is 1.23 bits per heavy atom. The average molecular weight is 379 g/mol. The standard InChI is InChI=1S/C17H13BrClNO2/c1-2-22-17(21)16-15(10-3-6-12(19)7-4-10)13-9-11(18)5-8-14(13)20-16/h3-9,20H,2H2,1H3. The van der Waals surface area contributed by atoms with Crippen LogP contribution >= 0.6 is 27.5 Å². The molecule has 0 saturated heterocycles. The largest absolute Gasteiger partial charge is 0.461 e. The highest BCUT2D eigenvalue weighted by atomic mass is 79.9. The molecule has 0 unspecified atom stereocenters.